The van der Waals surface area contributed by atoms with E-state index in [9.17, 15) is 9.59 Å². The number of halogens is 2. The van der Waals surface area contributed by atoms with E-state index in [4.69, 9.17) is 34.7 Å². The lowest BCUT2D eigenvalue weighted by atomic mass is 9.83. The second-order valence-corrected chi connectivity index (χ2v) is 8.51. The molecule has 0 atom stereocenters. The van der Waals surface area contributed by atoms with Gasteiger partial charge in [-0.15, -0.1) is 0 Å². The fraction of sp³-hybridized carbons (Fsp3) is 0.0370. The number of nitrogens with two attached hydrogens (primary N) is 2. The zero-order chi connectivity index (χ0) is 23.6. The zero-order valence-electron chi connectivity index (χ0n) is 17.5. The molecule has 4 aromatic carbocycles. The molecule has 0 unspecified atom stereocenters. The molecule has 164 valence electrons. The smallest absolute Gasteiger partial charge is 0.193 e. The molecule has 0 aliphatic carbocycles. The van der Waals surface area contributed by atoms with Crippen LogP contribution < -0.4 is 11.5 Å². The monoisotopic (exact) mass is 474 g/mol. The average molecular weight is 475 g/mol. The van der Waals surface area contributed by atoms with E-state index >= 15 is 0 Å². The highest BCUT2D eigenvalue weighted by Crippen LogP contribution is 2.33. The highest BCUT2D eigenvalue weighted by Gasteiger charge is 2.33. The molecule has 0 aromatic heterocycles. The minimum absolute atomic E-state index is 0.256. The van der Waals surface area contributed by atoms with Crippen LogP contribution in [0, 0.1) is 0 Å². The van der Waals surface area contributed by atoms with Crippen molar-refractivity contribution in [1.82, 2.24) is 0 Å². The predicted octanol–water partition coefficient (Wildman–Crippen LogP) is 5.57. The summed E-state index contributed by atoms with van der Waals surface area (Å²) in [6.07, 6.45) is 0. The maximum absolute atomic E-state index is 13.3. The Labute approximate surface area is 201 Å². The minimum Gasteiger partial charge on any atom is -0.306 e. The first kappa shape index (κ1) is 22.9. The van der Waals surface area contributed by atoms with Crippen molar-refractivity contribution in [3.63, 3.8) is 0 Å². The van der Waals surface area contributed by atoms with Gasteiger partial charge < -0.3 is 11.5 Å². The minimum atomic E-state index is -1.69. The van der Waals surface area contributed by atoms with E-state index in [0.717, 1.165) is 0 Å². The highest BCUT2D eigenvalue weighted by atomic mass is 35.5. The summed E-state index contributed by atoms with van der Waals surface area (Å²) in [6.45, 7) is 0. The van der Waals surface area contributed by atoms with Crippen LogP contribution in [0.4, 0.5) is 0 Å². The zero-order valence-corrected chi connectivity index (χ0v) is 19.0. The number of carbonyl (C=O) groups excluding carboxylic acids is 2. The third-order valence-corrected chi connectivity index (χ3v) is 5.89. The van der Waals surface area contributed by atoms with E-state index in [1.54, 1.807) is 72.8 Å². The van der Waals surface area contributed by atoms with Crippen molar-refractivity contribution in [2.75, 3.05) is 0 Å². The van der Waals surface area contributed by atoms with Crippen LogP contribution in [0.15, 0.2) is 97.1 Å². The largest absolute Gasteiger partial charge is 0.306 e. The summed E-state index contributed by atoms with van der Waals surface area (Å²) in [4.78, 5) is 26.7. The number of benzene rings is 4. The molecule has 4 aromatic rings. The van der Waals surface area contributed by atoms with Gasteiger partial charge in [0.25, 0.3) is 0 Å². The molecule has 0 saturated carbocycles. The number of carbonyl (C=O) groups is 2. The summed E-state index contributed by atoms with van der Waals surface area (Å²) in [7, 11) is 0. The van der Waals surface area contributed by atoms with Crippen molar-refractivity contribution in [3.05, 3.63) is 140 Å². The number of hydrogen-bond acceptors (Lipinski definition) is 4. The van der Waals surface area contributed by atoms with E-state index < -0.39 is 5.66 Å². The molecule has 0 radical (unpaired) electrons. The van der Waals surface area contributed by atoms with Crippen LogP contribution in [0.5, 0.6) is 0 Å². The first-order chi connectivity index (χ1) is 15.8. The summed E-state index contributed by atoms with van der Waals surface area (Å²) in [5.74, 6) is -0.559. The number of rotatable bonds is 6. The van der Waals surface area contributed by atoms with Crippen molar-refractivity contribution in [2.45, 2.75) is 5.66 Å². The summed E-state index contributed by atoms with van der Waals surface area (Å²) < 4.78 is 0. The first-order valence-electron chi connectivity index (χ1n) is 10.2. The average Bonchev–Trinajstić information content (AvgIpc) is 2.83. The Bertz CT molecular complexity index is 1230. The topological polar surface area (TPSA) is 86.2 Å². The van der Waals surface area contributed by atoms with Gasteiger partial charge in [0.1, 0.15) is 5.66 Å². The van der Waals surface area contributed by atoms with E-state index in [0.29, 0.717) is 32.3 Å². The Kier molecular flexibility index (Phi) is 6.45. The van der Waals surface area contributed by atoms with Crippen molar-refractivity contribution < 1.29 is 9.59 Å². The molecule has 0 amide bonds. The van der Waals surface area contributed by atoms with Gasteiger partial charge in [-0.05, 0) is 24.3 Å². The van der Waals surface area contributed by atoms with Crippen LogP contribution >= 0.6 is 23.2 Å². The fourth-order valence-electron chi connectivity index (χ4n) is 3.77. The van der Waals surface area contributed by atoms with Crippen LogP contribution in [0.2, 0.25) is 10.0 Å². The summed E-state index contributed by atoms with van der Waals surface area (Å²) in [5, 5.41) is 0.732. The van der Waals surface area contributed by atoms with Crippen LogP contribution in [0.25, 0.3) is 0 Å². The molecular weight excluding hydrogens is 455 g/mol. The van der Waals surface area contributed by atoms with E-state index in [1.807, 2.05) is 12.1 Å². The molecule has 0 aliphatic rings. The van der Waals surface area contributed by atoms with E-state index in [1.165, 1.54) is 12.1 Å². The number of hydrogen-bond donors (Lipinski definition) is 2. The van der Waals surface area contributed by atoms with Crippen molar-refractivity contribution in [2.24, 2.45) is 11.5 Å². The summed E-state index contributed by atoms with van der Waals surface area (Å²) >= 11 is 12.4. The van der Waals surface area contributed by atoms with E-state index in [-0.39, 0.29) is 22.7 Å². The second-order valence-electron chi connectivity index (χ2n) is 7.64. The third-order valence-electron chi connectivity index (χ3n) is 5.42. The molecule has 33 heavy (non-hydrogen) atoms. The van der Waals surface area contributed by atoms with Gasteiger partial charge in [0, 0.05) is 43.4 Å². The maximum Gasteiger partial charge on any atom is 0.193 e. The third kappa shape index (κ3) is 4.61. The van der Waals surface area contributed by atoms with Gasteiger partial charge in [-0.25, -0.2) is 0 Å². The second kappa shape index (κ2) is 9.30. The van der Waals surface area contributed by atoms with Crippen molar-refractivity contribution >= 4 is 34.8 Å². The Morgan fingerprint density at radius 3 is 1.30 bits per heavy atom. The van der Waals surface area contributed by atoms with Gasteiger partial charge in [0.15, 0.2) is 11.6 Å². The number of ketones is 2. The molecular formula is C27H20Cl2N2O2. The standard InChI is InChI=1S/C27H20Cl2N2O2/c28-19-11-13-23(21(15-19)25(32)17-7-3-1-4-8-17)27(30,31)24-14-12-20(29)16-22(24)26(33)18-9-5-2-6-10-18/h1-16H,30-31H2. The van der Waals surface area contributed by atoms with Crippen LogP contribution in [-0.2, 0) is 5.66 Å². The molecule has 0 aliphatic heterocycles. The van der Waals surface area contributed by atoms with Crippen LogP contribution in [-0.4, -0.2) is 11.6 Å². The van der Waals surface area contributed by atoms with Gasteiger partial charge in [0.05, 0.1) is 0 Å². The van der Waals surface area contributed by atoms with Crippen LogP contribution in [0.1, 0.15) is 43.0 Å². The SMILES string of the molecule is NC(N)(c1ccc(Cl)cc1C(=O)c1ccccc1)c1ccc(Cl)cc1C(=O)c1ccccc1. The maximum atomic E-state index is 13.3. The van der Waals surface area contributed by atoms with Gasteiger partial charge in [-0.2, -0.15) is 0 Å². The Hall–Kier alpha value is -3.28. The van der Waals surface area contributed by atoms with Gasteiger partial charge in [0.2, 0.25) is 0 Å². The fourth-order valence-corrected chi connectivity index (χ4v) is 4.11. The highest BCUT2D eigenvalue weighted by molar-refractivity contribution is 6.31. The Morgan fingerprint density at radius 1 is 0.576 bits per heavy atom. The normalized spacial score (nSPS) is 11.3. The molecule has 0 bridgehead atoms. The van der Waals surface area contributed by atoms with Crippen molar-refractivity contribution in [3.8, 4) is 0 Å². The molecule has 4 N–H and O–H groups in total. The lowest BCUT2D eigenvalue weighted by Gasteiger charge is -2.30. The molecule has 4 nitrogen and oxygen atoms in total. The lowest BCUT2D eigenvalue weighted by Crippen LogP contribution is -2.49. The molecule has 6 heteroatoms. The van der Waals surface area contributed by atoms with E-state index in [2.05, 4.69) is 0 Å². The molecule has 0 saturated heterocycles. The molecule has 4 rings (SSSR count). The van der Waals surface area contributed by atoms with Gasteiger partial charge >= 0.3 is 0 Å². The molecule has 0 heterocycles. The predicted molar refractivity (Wildman–Crippen MR) is 132 cm³/mol. The van der Waals surface area contributed by atoms with Crippen molar-refractivity contribution in [1.29, 1.82) is 0 Å². The van der Waals surface area contributed by atoms with Crippen LogP contribution in [0.3, 0.4) is 0 Å². The van der Waals surface area contributed by atoms with Gasteiger partial charge in [-0.1, -0.05) is 96.0 Å². The Morgan fingerprint density at radius 2 is 0.939 bits per heavy atom. The summed E-state index contributed by atoms with van der Waals surface area (Å²) in [6, 6.07) is 27.1. The quantitative estimate of drug-likeness (QED) is 0.282. The molecule has 0 fully saturated rings. The summed E-state index contributed by atoms with van der Waals surface area (Å²) in [5.41, 5.74) is 13.8. The molecule has 0 spiro atoms. The van der Waals surface area contributed by atoms with Gasteiger partial charge in [-0.3, -0.25) is 9.59 Å². The first-order valence-corrected chi connectivity index (χ1v) is 10.9. The lowest BCUT2D eigenvalue weighted by molar-refractivity contribution is 0.103. The Balaban J connectivity index is 1.89.